The Kier molecular flexibility index (Phi) is 7.98. The van der Waals surface area contributed by atoms with Gasteiger partial charge in [-0.25, -0.2) is 0 Å². The third-order valence-electron chi connectivity index (χ3n) is 5.80. The van der Waals surface area contributed by atoms with Crippen molar-refractivity contribution < 1.29 is 27.5 Å². The molecule has 0 aliphatic carbocycles. The summed E-state index contributed by atoms with van der Waals surface area (Å²) in [6.45, 7) is 7.38. The summed E-state index contributed by atoms with van der Waals surface area (Å²) in [4.78, 5) is 27.6. The standard InChI is InChI=1S/C25H28F3N3O3/c1-4-23(32)31-13-12-30(15-17(31)2)16-22(19-6-5-7-20(14-19)25(26,27)28)34-21-10-8-18(9-11-21)24(33)29-3/h4-11,14,17,22H,1,12-13,15-16H2,2-3H3,(H,29,33)/t17-,22?/m1/s1. The van der Waals surface area contributed by atoms with E-state index in [9.17, 15) is 22.8 Å². The molecule has 6 nitrogen and oxygen atoms in total. The van der Waals surface area contributed by atoms with Gasteiger partial charge in [-0.3, -0.25) is 14.5 Å². The highest BCUT2D eigenvalue weighted by atomic mass is 19.4. The second kappa shape index (κ2) is 10.7. The van der Waals surface area contributed by atoms with Crippen molar-refractivity contribution in [3.05, 3.63) is 77.9 Å². The molecule has 0 spiro atoms. The second-order valence-corrected chi connectivity index (χ2v) is 8.18. The summed E-state index contributed by atoms with van der Waals surface area (Å²) >= 11 is 0. The zero-order chi connectivity index (χ0) is 24.9. The molecule has 2 aromatic carbocycles. The number of nitrogens with one attached hydrogen (secondary N) is 1. The maximum absolute atomic E-state index is 13.3. The monoisotopic (exact) mass is 475 g/mol. The first kappa shape index (κ1) is 25.3. The predicted octanol–water partition coefficient (Wildman–Crippen LogP) is 3.90. The highest BCUT2D eigenvalue weighted by molar-refractivity contribution is 5.94. The van der Waals surface area contributed by atoms with Crippen LogP contribution in [0.25, 0.3) is 0 Å². The number of ether oxygens (including phenoxy) is 1. The molecule has 1 aliphatic heterocycles. The van der Waals surface area contributed by atoms with Crippen molar-refractivity contribution in [2.45, 2.75) is 25.2 Å². The van der Waals surface area contributed by atoms with Crippen molar-refractivity contribution in [1.29, 1.82) is 0 Å². The summed E-state index contributed by atoms with van der Waals surface area (Å²) in [5.41, 5.74) is 0.0908. The molecule has 0 saturated carbocycles. The fraction of sp³-hybridized carbons (Fsp3) is 0.360. The molecular formula is C25H28F3N3O3. The van der Waals surface area contributed by atoms with Crippen LogP contribution in [0.4, 0.5) is 13.2 Å². The highest BCUT2D eigenvalue weighted by Crippen LogP contribution is 2.32. The molecule has 1 saturated heterocycles. The van der Waals surface area contributed by atoms with Gasteiger partial charge in [0, 0.05) is 44.8 Å². The Bertz CT molecular complexity index is 1020. The molecule has 2 atom stereocenters. The summed E-state index contributed by atoms with van der Waals surface area (Å²) < 4.78 is 46.2. The Morgan fingerprint density at radius 2 is 1.91 bits per heavy atom. The minimum absolute atomic E-state index is 0.0757. The normalized spacial score (nSPS) is 17.7. The second-order valence-electron chi connectivity index (χ2n) is 8.18. The van der Waals surface area contributed by atoms with Crippen molar-refractivity contribution in [3.8, 4) is 5.75 Å². The molecule has 1 N–H and O–H groups in total. The zero-order valence-electron chi connectivity index (χ0n) is 19.1. The summed E-state index contributed by atoms with van der Waals surface area (Å²) in [6.07, 6.45) is -3.88. The van der Waals surface area contributed by atoms with Gasteiger partial charge in [-0.05, 0) is 55.0 Å². The predicted molar refractivity (Wildman–Crippen MR) is 122 cm³/mol. The first-order valence-electron chi connectivity index (χ1n) is 10.9. The number of carbonyl (C=O) groups is 2. The molecular weight excluding hydrogens is 447 g/mol. The number of rotatable bonds is 7. The van der Waals surface area contributed by atoms with Crippen LogP contribution in [-0.4, -0.2) is 60.9 Å². The highest BCUT2D eigenvalue weighted by Gasteiger charge is 2.32. The van der Waals surface area contributed by atoms with Crippen molar-refractivity contribution >= 4 is 11.8 Å². The largest absolute Gasteiger partial charge is 0.484 e. The number of carbonyl (C=O) groups excluding carboxylic acids is 2. The lowest BCUT2D eigenvalue weighted by atomic mass is 10.0. The topological polar surface area (TPSA) is 61.9 Å². The third-order valence-corrected chi connectivity index (χ3v) is 5.80. The van der Waals surface area contributed by atoms with Crippen LogP contribution in [-0.2, 0) is 11.0 Å². The summed E-state index contributed by atoms with van der Waals surface area (Å²) in [5.74, 6) is 0.0412. The van der Waals surface area contributed by atoms with E-state index in [2.05, 4.69) is 16.8 Å². The molecule has 1 fully saturated rings. The summed E-state index contributed by atoms with van der Waals surface area (Å²) in [7, 11) is 1.53. The fourth-order valence-electron chi connectivity index (χ4n) is 4.00. The Morgan fingerprint density at radius 3 is 2.50 bits per heavy atom. The van der Waals surface area contributed by atoms with Gasteiger partial charge in [0.05, 0.1) is 5.56 Å². The third kappa shape index (κ3) is 6.17. The molecule has 0 aromatic heterocycles. The molecule has 2 aromatic rings. The van der Waals surface area contributed by atoms with Gasteiger partial charge >= 0.3 is 6.18 Å². The maximum atomic E-state index is 13.3. The zero-order valence-corrected chi connectivity index (χ0v) is 19.1. The molecule has 1 heterocycles. The van der Waals surface area contributed by atoms with E-state index >= 15 is 0 Å². The van der Waals surface area contributed by atoms with E-state index in [4.69, 9.17) is 4.74 Å². The van der Waals surface area contributed by atoms with E-state index in [1.807, 2.05) is 6.92 Å². The molecule has 0 bridgehead atoms. The number of amides is 2. The molecule has 1 aliphatic rings. The maximum Gasteiger partial charge on any atom is 0.416 e. The van der Waals surface area contributed by atoms with E-state index in [-0.39, 0.29) is 17.9 Å². The molecule has 3 rings (SSSR count). The molecule has 2 amide bonds. The van der Waals surface area contributed by atoms with Crippen LogP contribution in [0.3, 0.4) is 0 Å². The molecule has 9 heteroatoms. The number of benzene rings is 2. The van der Waals surface area contributed by atoms with Crippen LogP contribution >= 0.6 is 0 Å². The van der Waals surface area contributed by atoms with Crippen LogP contribution in [0.2, 0.25) is 0 Å². The van der Waals surface area contributed by atoms with Crippen LogP contribution in [0.5, 0.6) is 5.75 Å². The van der Waals surface area contributed by atoms with E-state index in [0.29, 0.717) is 43.1 Å². The molecule has 0 radical (unpaired) electrons. The average Bonchev–Trinajstić information content (AvgIpc) is 2.82. The van der Waals surface area contributed by atoms with E-state index in [0.717, 1.165) is 12.1 Å². The van der Waals surface area contributed by atoms with Gasteiger partial charge in [0.25, 0.3) is 5.91 Å². The Hall–Kier alpha value is -3.33. The van der Waals surface area contributed by atoms with E-state index < -0.39 is 17.8 Å². The van der Waals surface area contributed by atoms with Crippen molar-refractivity contribution in [2.75, 3.05) is 33.2 Å². The minimum atomic E-state index is -4.47. The first-order chi connectivity index (χ1) is 16.1. The lowest BCUT2D eigenvalue weighted by molar-refractivity contribution is -0.137. The molecule has 182 valence electrons. The molecule has 1 unspecified atom stereocenters. The van der Waals surface area contributed by atoms with Crippen LogP contribution in [0.1, 0.15) is 34.5 Å². The Morgan fingerprint density at radius 1 is 1.21 bits per heavy atom. The van der Waals surface area contributed by atoms with Crippen molar-refractivity contribution in [3.63, 3.8) is 0 Å². The lowest BCUT2D eigenvalue weighted by Crippen LogP contribution is -2.54. The van der Waals surface area contributed by atoms with Crippen LogP contribution < -0.4 is 10.1 Å². The number of hydrogen-bond acceptors (Lipinski definition) is 4. The number of hydrogen-bond donors (Lipinski definition) is 1. The fourth-order valence-corrected chi connectivity index (χ4v) is 4.00. The number of piperazine rings is 1. The van der Waals surface area contributed by atoms with Crippen LogP contribution in [0.15, 0.2) is 61.2 Å². The Labute approximate surface area is 197 Å². The van der Waals surface area contributed by atoms with Gasteiger partial charge in [-0.2, -0.15) is 13.2 Å². The first-order valence-corrected chi connectivity index (χ1v) is 10.9. The van der Waals surface area contributed by atoms with Crippen LogP contribution in [0, 0.1) is 0 Å². The van der Waals surface area contributed by atoms with Gasteiger partial charge in [0.1, 0.15) is 11.9 Å². The minimum Gasteiger partial charge on any atom is -0.484 e. The lowest BCUT2D eigenvalue weighted by Gasteiger charge is -2.40. The van der Waals surface area contributed by atoms with Crippen molar-refractivity contribution in [2.24, 2.45) is 0 Å². The molecule has 34 heavy (non-hydrogen) atoms. The van der Waals surface area contributed by atoms with Gasteiger partial charge in [-0.1, -0.05) is 18.7 Å². The average molecular weight is 476 g/mol. The van der Waals surface area contributed by atoms with Crippen molar-refractivity contribution in [1.82, 2.24) is 15.1 Å². The summed E-state index contributed by atoms with van der Waals surface area (Å²) in [5, 5.41) is 2.53. The van der Waals surface area contributed by atoms with Gasteiger partial charge in [0.2, 0.25) is 5.91 Å². The SMILES string of the molecule is C=CC(=O)N1CCN(CC(Oc2ccc(C(=O)NC)cc2)c2cccc(C(F)(F)F)c2)C[C@H]1C. The van der Waals surface area contributed by atoms with Gasteiger partial charge < -0.3 is 15.0 Å². The number of nitrogens with zero attached hydrogens (tertiary/aromatic N) is 2. The number of alkyl halides is 3. The Balaban J connectivity index is 1.83. The van der Waals surface area contributed by atoms with Gasteiger partial charge in [0.15, 0.2) is 0 Å². The van der Waals surface area contributed by atoms with Gasteiger partial charge in [-0.15, -0.1) is 0 Å². The summed E-state index contributed by atoms with van der Waals surface area (Å²) in [6, 6.07) is 11.5. The quantitative estimate of drug-likeness (QED) is 0.617. The van der Waals surface area contributed by atoms with E-state index in [1.54, 1.807) is 35.2 Å². The van der Waals surface area contributed by atoms with E-state index in [1.165, 1.54) is 19.2 Å². The smallest absolute Gasteiger partial charge is 0.416 e. The number of halogens is 3.